The second-order valence-corrected chi connectivity index (χ2v) is 6.23. The van der Waals surface area contributed by atoms with Crippen LogP contribution in [0.5, 0.6) is 0 Å². The number of nitrogens with one attached hydrogen (secondary N) is 1. The number of nitrogens with zero attached hydrogens (tertiary/aromatic N) is 3. The first-order valence-corrected chi connectivity index (χ1v) is 8.69. The van der Waals surface area contributed by atoms with Gasteiger partial charge in [0.2, 0.25) is 5.91 Å². The van der Waals surface area contributed by atoms with Crippen LogP contribution in [0, 0.1) is 6.92 Å². The molecule has 2 rings (SSSR count). The molecule has 118 valence electrons. The average molecular weight is 318 g/mol. The van der Waals surface area contributed by atoms with Crippen molar-refractivity contribution in [2.45, 2.75) is 33.4 Å². The van der Waals surface area contributed by atoms with E-state index in [9.17, 15) is 4.79 Å². The van der Waals surface area contributed by atoms with Crippen LogP contribution in [0.2, 0.25) is 0 Å². The first-order chi connectivity index (χ1) is 10.6. The average Bonchev–Trinajstić information content (AvgIpc) is 2.87. The molecule has 0 aliphatic carbocycles. The molecule has 0 atom stereocenters. The van der Waals surface area contributed by atoms with Crippen LogP contribution in [0.4, 0.5) is 0 Å². The molecule has 5 nitrogen and oxygen atoms in total. The van der Waals surface area contributed by atoms with Gasteiger partial charge >= 0.3 is 0 Å². The maximum Gasteiger partial charge on any atom is 0.217 e. The minimum atomic E-state index is -0.0597. The molecular weight excluding hydrogens is 296 g/mol. The van der Waals surface area contributed by atoms with Gasteiger partial charge in [-0.1, -0.05) is 29.8 Å². The zero-order valence-corrected chi connectivity index (χ0v) is 14.1. The van der Waals surface area contributed by atoms with Crippen molar-refractivity contribution >= 4 is 17.7 Å². The summed E-state index contributed by atoms with van der Waals surface area (Å²) in [5, 5.41) is 7.38. The van der Waals surface area contributed by atoms with E-state index in [1.807, 2.05) is 4.68 Å². The van der Waals surface area contributed by atoms with E-state index < -0.39 is 0 Å². The fraction of sp³-hybridized carbons (Fsp3) is 0.438. The standard InChI is InChI=1S/C16H22N4OS/c1-12-4-6-14(7-5-12)11-20-16(10-17-13(2)21)18-15(19-20)8-9-22-3/h4-7H,8-11H2,1-3H3,(H,17,21). The van der Waals surface area contributed by atoms with Crippen LogP contribution in [-0.4, -0.2) is 32.7 Å². The molecule has 1 aromatic carbocycles. The Hall–Kier alpha value is -1.82. The van der Waals surface area contributed by atoms with Crippen molar-refractivity contribution in [2.75, 3.05) is 12.0 Å². The van der Waals surface area contributed by atoms with Gasteiger partial charge in [0, 0.05) is 19.1 Å². The molecule has 0 unspecified atom stereocenters. The smallest absolute Gasteiger partial charge is 0.217 e. The zero-order chi connectivity index (χ0) is 15.9. The SMILES string of the molecule is CSCCc1nc(CNC(C)=O)n(Cc2ccc(C)cc2)n1. The Morgan fingerprint density at radius 3 is 2.68 bits per heavy atom. The van der Waals surface area contributed by atoms with Crippen molar-refractivity contribution in [3.63, 3.8) is 0 Å². The highest BCUT2D eigenvalue weighted by molar-refractivity contribution is 7.98. The fourth-order valence-corrected chi connectivity index (χ4v) is 2.44. The molecule has 0 aliphatic rings. The van der Waals surface area contributed by atoms with Crippen LogP contribution >= 0.6 is 11.8 Å². The van der Waals surface area contributed by atoms with Crippen LogP contribution in [0.25, 0.3) is 0 Å². The molecule has 1 N–H and O–H groups in total. The summed E-state index contributed by atoms with van der Waals surface area (Å²) in [6, 6.07) is 8.38. The Balaban J connectivity index is 2.16. The van der Waals surface area contributed by atoms with Crippen molar-refractivity contribution in [2.24, 2.45) is 0 Å². The number of carbonyl (C=O) groups excluding carboxylic acids is 1. The topological polar surface area (TPSA) is 59.8 Å². The highest BCUT2D eigenvalue weighted by Crippen LogP contribution is 2.09. The van der Waals surface area contributed by atoms with Gasteiger partial charge < -0.3 is 5.32 Å². The molecular formula is C16H22N4OS. The molecule has 0 saturated carbocycles. The van der Waals surface area contributed by atoms with Crippen molar-refractivity contribution < 1.29 is 4.79 Å². The van der Waals surface area contributed by atoms with Crippen molar-refractivity contribution in [3.05, 3.63) is 47.0 Å². The number of carbonyl (C=O) groups is 1. The van der Waals surface area contributed by atoms with Gasteiger partial charge in [-0.3, -0.25) is 4.79 Å². The number of amides is 1. The molecule has 0 fully saturated rings. The van der Waals surface area contributed by atoms with E-state index in [0.717, 1.165) is 23.8 Å². The predicted octanol–water partition coefficient (Wildman–Crippen LogP) is 2.18. The van der Waals surface area contributed by atoms with Crippen LogP contribution in [0.1, 0.15) is 29.7 Å². The van der Waals surface area contributed by atoms with E-state index in [0.29, 0.717) is 13.1 Å². The zero-order valence-electron chi connectivity index (χ0n) is 13.3. The monoisotopic (exact) mass is 318 g/mol. The highest BCUT2D eigenvalue weighted by atomic mass is 32.2. The van der Waals surface area contributed by atoms with E-state index in [1.54, 1.807) is 11.8 Å². The van der Waals surface area contributed by atoms with Crippen LogP contribution < -0.4 is 5.32 Å². The first kappa shape index (κ1) is 16.5. The number of aryl methyl sites for hydroxylation is 2. The summed E-state index contributed by atoms with van der Waals surface area (Å²) in [7, 11) is 0. The summed E-state index contributed by atoms with van der Waals surface area (Å²) in [4.78, 5) is 15.7. The number of aromatic nitrogens is 3. The van der Waals surface area contributed by atoms with Gasteiger partial charge in [-0.2, -0.15) is 16.9 Å². The molecule has 1 aromatic heterocycles. The summed E-state index contributed by atoms with van der Waals surface area (Å²) in [5.74, 6) is 2.57. The Bertz CT molecular complexity index is 622. The molecule has 0 aliphatic heterocycles. The minimum Gasteiger partial charge on any atom is -0.349 e. The van der Waals surface area contributed by atoms with Crippen LogP contribution in [0.3, 0.4) is 0 Å². The Kier molecular flexibility index (Phi) is 6.00. The Morgan fingerprint density at radius 2 is 2.05 bits per heavy atom. The summed E-state index contributed by atoms with van der Waals surface area (Å²) in [6.45, 7) is 4.66. The van der Waals surface area contributed by atoms with Gasteiger partial charge in [0.15, 0.2) is 5.82 Å². The molecule has 2 aromatic rings. The van der Waals surface area contributed by atoms with Gasteiger partial charge in [-0.05, 0) is 18.7 Å². The fourth-order valence-electron chi connectivity index (χ4n) is 2.05. The number of benzene rings is 1. The molecule has 22 heavy (non-hydrogen) atoms. The number of thioether (sulfide) groups is 1. The van der Waals surface area contributed by atoms with Crippen molar-refractivity contribution in [3.8, 4) is 0 Å². The summed E-state index contributed by atoms with van der Waals surface area (Å²) >= 11 is 1.78. The van der Waals surface area contributed by atoms with Crippen molar-refractivity contribution in [1.29, 1.82) is 0 Å². The predicted molar refractivity (Wildman–Crippen MR) is 89.9 cm³/mol. The lowest BCUT2D eigenvalue weighted by molar-refractivity contribution is -0.119. The van der Waals surface area contributed by atoms with E-state index in [1.165, 1.54) is 18.1 Å². The molecule has 0 spiro atoms. The van der Waals surface area contributed by atoms with Gasteiger partial charge in [-0.15, -0.1) is 0 Å². The van der Waals surface area contributed by atoms with E-state index in [4.69, 9.17) is 0 Å². The van der Waals surface area contributed by atoms with Crippen LogP contribution in [-0.2, 0) is 24.3 Å². The third-order valence-electron chi connectivity index (χ3n) is 3.27. The lowest BCUT2D eigenvalue weighted by Gasteiger charge is -2.07. The third-order valence-corrected chi connectivity index (χ3v) is 3.88. The number of hydrogen-bond donors (Lipinski definition) is 1. The quantitative estimate of drug-likeness (QED) is 0.850. The molecule has 1 heterocycles. The second-order valence-electron chi connectivity index (χ2n) is 5.24. The summed E-state index contributed by atoms with van der Waals surface area (Å²) < 4.78 is 1.89. The van der Waals surface area contributed by atoms with Gasteiger partial charge in [0.05, 0.1) is 13.1 Å². The molecule has 6 heteroatoms. The maximum atomic E-state index is 11.1. The maximum absolute atomic E-state index is 11.1. The molecule has 1 amide bonds. The van der Waals surface area contributed by atoms with Crippen molar-refractivity contribution in [1.82, 2.24) is 20.1 Å². The molecule has 0 bridgehead atoms. The van der Waals surface area contributed by atoms with E-state index in [2.05, 4.69) is 52.8 Å². The van der Waals surface area contributed by atoms with Gasteiger partial charge in [0.1, 0.15) is 5.82 Å². The number of hydrogen-bond acceptors (Lipinski definition) is 4. The lowest BCUT2D eigenvalue weighted by Crippen LogP contribution is -2.22. The van der Waals surface area contributed by atoms with E-state index >= 15 is 0 Å². The first-order valence-electron chi connectivity index (χ1n) is 7.30. The number of rotatable bonds is 7. The minimum absolute atomic E-state index is 0.0597. The third kappa shape index (κ3) is 4.87. The molecule has 0 radical (unpaired) electrons. The summed E-state index contributed by atoms with van der Waals surface area (Å²) in [6.07, 6.45) is 2.91. The van der Waals surface area contributed by atoms with Gasteiger partial charge in [0.25, 0.3) is 0 Å². The molecule has 0 saturated heterocycles. The summed E-state index contributed by atoms with van der Waals surface area (Å²) in [5.41, 5.74) is 2.41. The van der Waals surface area contributed by atoms with E-state index in [-0.39, 0.29) is 5.91 Å². The normalized spacial score (nSPS) is 10.7. The largest absolute Gasteiger partial charge is 0.349 e. The lowest BCUT2D eigenvalue weighted by atomic mass is 10.1. The Labute approximate surface area is 135 Å². The second kappa shape index (κ2) is 7.98. The van der Waals surface area contributed by atoms with Gasteiger partial charge in [-0.25, -0.2) is 9.67 Å². The van der Waals surface area contributed by atoms with Crippen LogP contribution in [0.15, 0.2) is 24.3 Å². The highest BCUT2D eigenvalue weighted by Gasteiger charge is 2.10. The Morgan fingerprint density at radius 1 is 1.32 bits per heavy atom.